The first-order chi connectivity index (χ1) is 16.1. The maximum atomic E-state index is 11.9. The van der Waals surface area contributed by atoms with Crippen LogP contribution in [0.2, 0.25) is 0 Å². The van der Waals surface area contributed by atoms with Gasteiger partial charge in [-0.3, -0.25) is 4.79 Å². The van der Waals surface area contributed by atoms with Crippen LogP contribution in [0.1, 0.15) is 18.2 Å². The number of amides is 1. The highest BCUT2D eigenvalue weighted by Gasteiger charge is 2.17. The molecular weight excluding hydrogens is 420 g/mol. The van der Waals surface area contributed by atoms with Gasteiger partial charge in [0.2, 0.25) is 5.91 Å². The lowest BCUT2D eigenvalue weighted by Gasteiger charge is -2.24. The van der Waals surface area contributed by atoms with Crippen LogP contribution in [0, 0.1) is 0 Å². The van der Waals surface area contributed by atoms with Crippen molar-refractivity contribution in [3.63, 3.8) is 0 Å². The molecule has 0 atom stereocenters. The van der Waals surface area contributed by atoms with E-state index in [0.29, 0.717) is 12.4 Å². The predicted octanol–water partition coefficient (Wildman–Crippen LogP) is 1.75. The third-order valence-electron chi connectivity index (χ3n) is 5.35. The third-order valence-corrected chi connectivity index (χ3v) is 5.35. The number of primary amides is 1. The van der Waals surface area contributed by atoms with Crippen LogP contribution in [0.4, 0.5) is 5.82 Å². The summed E-state index contributed by atoms with van der Waals surface area (Å²) in [7, 11) is 0. The zero-order valence-corrected chi connectivity index (χ0v) is 18.0. The number of H-pyrrole nitrogens is 1. The van der Waals surface area contributed by atoms with Crippen LogP contribution in [-0.4, -0.2) is 52.2 Å². The van der Waals surface area contributed by atoms with Crippen LogP contribution in [-0.2, 0) is 17.8 Å². The molecular formula is C22H22N10O. The largest absolute Gasteiger partial charge is 0.368 e. The van der Waals surface area contributed by atoms with Crippen LogP contribution in [0.25, 0.3) is 22.9 Å². The fraction of sp³-hybridized carbons (Fsp3) is 0.182. The first kappa shape index (κ1) is 20.4. The molecule has 0 aliphatic heterocycles. The van der Waals surface area contributed by atoms with Gasteiger partial charge in [-0.25, -0.2) is 10.1 Å². The second-order valence-electron chi connectivity index (χ2n) is 7.56. The summed E-state index contributed by atoms with van der Waals surface area (Å²) in [5.74, 6) is 0.944. The highest BCUT2D eigenvalue weighted by atomic mass is 16.1. The Morgan fingerprint density at radius 1 is 1.18 bits per heavy atom. The van der Waals surface area contributed by atoms with Gasteiger partial charge in [0.25, 0.3) is 0 Å². The van der Waals surface area contributed by atoms with Crippen LogP contribution in [0.15, 0.2) is 60.9 Å². The molecule has 3 N–H and O–H groups in total. The monoisotopic (exact) mass is 442 g/mol. The molecule has 5 aromatic rings. The highest BCUT2D eigenvalue weighted by Crippen LogP contribution is 2.23. The Kier molecular flexibility index (Phi) is 5.27. The van der Waals surface area contributed by atoms with E-state index in [2.05, 4.69) is 30.7 Å². The molecule has 0 spiro atoms. The summed E-state index contributed by atoms with van der Waals surface area (Å²) in [6, 6.07) is 15.7. The molecule has 1 aromatic carbocycles. The van der Waals surface area contributed by atoms with Gasteiger partial charge in [0, 0.05) is 36.3 Å². The second kappa shape index (κ2) is 8.54. The number of hydrogen-bond donors (Lipinski definition) is 2. The standard InChI is InChI=1S/C22H22N10O/c1-2-16-12-21(32-20(25-16)9-10-24-32)30(14-19(23)33)13-15-5-7-17(8-6-15)31-11-3-4-18(31)22-26-28-29-27-22/h3-12H,2,13-14H2,1H3,(H2,23,33)(H,26,27,28,29). The number of nitrogens with one attached hydrogen (secondary N) is 1. The smallest absolute Gasteiger partial charge is 0.237 e. The number of fused-ring (bicyclic) bond motifs is 1. The predicted molar refractivity (Wildman–Crippen MR) is 122 cm³/mol. The van der Waals surface area contributed by atoms with E-state index >= 15 is 0 Å². The number of benzene rings is 1. The minimum Gasteiger partial charge on any atom is -0.368 e. The van der Waals surface area contributed by atoms with E-state index in [0.717, 1.165) is 40.5 Å². The topological polar surface area (TPSA) is 136 Å². The number of anilines is 1. The van der Waals surface area contributed by atoms with Gasteiger partial charge in [-0.15, -0.1) is 5.10 Å². The van der Waals surface area contributed by atoms with E-state index in [1.807, 2.05) is 71.1 Å². The summed E-state index contributed by atoms with van der Waals surface area (Å²) in [5.41, 5.74) is 10.1. The van der Waals surface area contributed by atoms with Crippen molar-refractivity contribution in [1.29, 1.82) is 0 Å². The van der Waals surface area contributed by atoms with Crippen LogP contribution in [0.5, 0.6) is 0 Å². The number of aryl methyl sites for hydroxylation is 1. The molecule has 0 saturated heterocycles. The quantitative estimate of drug-likeness (QED) is 0.374. The second-order valence-corrected chi connectivity index (χ2v) is 7.56. The lowest BCUT2D eigenvalue weighted by molar-refractivity contribution is -0.116. The average Bonchev–Trinajstić information content (AvgIpc) is 3.59. The molecule has 1 amide bonds. The SMILES string of the molecule is CCc1cc(N(CC(N)=O)Cc2ccc(-n3cccc3-c3nnn[nH]3)cc2)n2nccc2n1. The van der Waals surface area contributed by atoms with Crippen molar-refractivity contribution in [2.75, 3.05) is 11.4 Å². The molecule has 0 aliphatic carbocycles. The van der Waals surface area contributed by atoms with Gasteiger partial charge in [0.1, 0.15) is 5.82 Å². The van der Waals surface area contributed by atoms with Crippen LogP contribution in [0.3, 0.4) is 0 Å². The Morgan fingerprint density at radius 3 is 2.76 bits per heavy atom. The van der Waals surface area contributed by atoms with Crippen molar-refractivity contribution in [3.8, 4) is 17.2 Å². The molecule has 0 aliphatic rings. The molecule has 4 aromatic heterocycles. The van der Waals surface area contributed by atoms with Gasteiger partial charge in [-0.1, -0.05) is 19.1 Å². The zero-order chi connectivity index (χ0) is 22.8. The number of carbonyl (C=O) groups is 1. The van der Waals surface area contributed by atoms with Crippen molar-refractivity contribution < 1.29 is 4.79 Å². The van der Waals surface area contributed by atoms with E-state index in [9.17, 15) is 4.79 Å². The van der Waals surface area contributed by atoms with E-state index in [-0.39, 0.29) is 6.54 Å². The summed E-state index contributed by atoms with van der Waals surface area (Å²) >= 11 is 0. The molecule has 11 heteroatoms. The Hall–Kier alpha value is -4.54. The van der Waals surface area contributed by atoms with E-state index < -0.39 is 5.91 Å². The molecule has 0 saturated carbocycles. The number of hydrogen-bond acceptors (Lipinski definition) is 7. The summed E-state index contributed by atoms with van der Waals surface area (Å²) in [6.45, 7) is 2.58. The van der Waals surface area contributed by atoms with Crippen molar-refractivity contribution in [2.45, 2.75) is 19.9 Å². The number of aromatic amines is 1. The number of carbonyl (C=O) groups excluding carboxylic acids is 1. The molecule has 166 valence electrons. The highest BCUT2D eigenvalue weighted by molar-refractivity contribution is 5.79. The first-order valence-corrected chi connectivity index (χ1v) is 10.5. The Bertz CT molecular complexity index is 1380. The Morgan fingerprint density at radius 2 is 2.03 bits per heavy atom. The Labute approximate surface area is 188 Å². The van der Waals surface area contributed by atoms with E-state index in [4.69, 9.17) is 5.73 Å². The van der Waals surface area contributed by atoms with Crippen molar-refractivity contribution in [2.24, 2.45) is 5.73 Å². The lowest BCUT2D eigenvalue weighted by atomic mass is 10.1. The molecule has 11 nitrogen and oxygen atoms in total. The van der Waals surface area contributed by atoms with Crippen molar-refractivity contribution in [1.82, 2.24) is 39.8 Å². The molecule has 33 heavy (non-hydrogen) atoms. The summed E-state index contributed by atoms with van der Waals surface area (Å²) in [4.78, 5) is 18.4. The van der Waals surface area contributed by atoms with E-state index in [1.165, 1.54) is 0 Å². The summed E-state index contributed by atoms with van der Waals surface area (Å²) < 4.78 is 3.73. The third kappa shape index (κ3) is 4.03. The number of rotatable bonds is 8. The molecule has 0 unspecified atom stereocenters. The van der Waals surface area contributed by atoms with Crippen molar-refractivity contribution >= 4 is 17.4 Å². The van der Waals surface area contributed by atoms with Crippen molar-refractivity contribution in [3.05, 3.63) is 72.2 Å². The summed E-state index contributed by atoms with van der Waals surface area (Å²) in [6.07, 6.45) is 4.42. The van der Waals surface area contributed by atoms with Gasteiger partial charge in [0.15, 0.2) is 11.5 Å². The number of nitrogens with two attached hydrogens (primary N) is 1. The minimum atomic E-state index is -0.417. The Balaban J connectivity index is 1.46. The normalized spacial score (nSPS) is 11.2. The van der Waals surface area contributed by atoms with Gasteiger partial charge in [-0.2, -0.15) is 9.61 Å². The minimum absolute atomic E-state index is 0.0596. The van der Waals surface area contributed by atoms with Crippen LogP contribution >= 0.6 is 0 Å². The average molecular weight is 442 g/mol. The van der Waals surface area contributed by atoms with Gasteiger partial charge < -0.3 is 15.2 Å². The molecule has 0 bridgehead atoms. The molecule has 5 rings (SSSR count). The molecule has 0 fully saturated rings. The van der Waals surface area contributed by atoms with Crippen LogP contribution < -0.4 is 10.6 Å². The first-order valence-electron chi connectivity index (χ1n) is 10.5. The maximum absolute atomic E-state index is 11.9. The fourth-order valence-electron chi connectivity index (χ4n) is 3.81. The molecule has 0 radical (unpaired) electrons. The van der Waals surface area contributed by atoms with Gasteiger partial charge >= 0.3 is 0 Å². The number of tetrazole rings is 1. The fourth-order valence-corrected chi connectivity index (χ4v) is 3.81. The van der Waals surface area contributed by atoms with Gasteiger partial charge in [0.05, 0.1) is 18.4 Å². The lowest BCUT2D eigenvalue weighted by Crippen LogP contribution is -2.34. The van der Waals surface area contributed by atoms with Gasteiger partial charge in [-0.05, 0) is 46.7 Å². The summed E-state index contributed by atoms with van der Waals surface area (Å²) in [5, 5.41) is 18.5. The number of nitrogens with zero attached hydrogens (tertiary/aromatic N) is 8. The zero-order valence-electron chi connectivity index (χ0n) is 18.0. The molecule has 4 heterocycles. The van der Waals surface area contributed by atoms with E-state index in [1.54, 1.807) is 10.7 Å². The maximum Gasteiger partial charge on any atom is 0.237 e. The number of aromatic nitrogens is 8.